The van der Waals surface area contributed by atoms with E-state index in [0.717, 1.165) is 49.3 Å². The molecule has 0 bridgehead atoms. The lowest BCUT2D eigenvalue weighted by atomic mass is 9.94. The minimum absolute atomic E-state index is 0.739. The highest BCUT2D eigenvalue weighted by molar-refractivity contribution is 6.33. The molecule has 2 radical (unpaired) electrons. The zero-order valence-electron chi connectivity index (χ0n) is 12.0. The third-order valence-electron chi connectivity index (χ3n) is 4.24. The van der Waals surface area contributed by atoms with Crippen molar-refractivity contribution in [1.29, 1.82) is 0 Å². The molecule has 22 heavy (non-hydrogen) atoms. The lowest BCUT2D eigenvalue weighted by Crippen LogP contribution is -1.98. The first kappa shape index (κ1) is 11.9. The van der Waals surface area contributed by atoms with Crippen molar-refractivity contribution >= 4 is 57.2 Å². The fourth-order valence-corrected chi connectivity index (χ4v) is 3.18. The highest BCUT2D eigenvalue weighted by atomic mass is 16.3. The average molecular weight is 282 g/mol. The summed E-state index contributed by atoms with van der Waals surface area (Å²) in [6.45, 7) is 2.09. The summed E-state index contributed by atoms with van der Waals surface area (Å²) in [5.41, 5.74) is 5.37. The van der Waals surface area contributed by atoms with Gasteiger partial charge in [-0.2, -0.15) is 0 Å². The van der Waals surface area contributed by atoms with Gasteiger partial charge in [0.05, 0.1) is 0 Å². The molecular formula is C19H11BO2. The quantitative estimate of drug-likeness (QED) is 0.388. The van der Waals surface area contributed by atoms with Crippen LogP contribution in [0, 0.1) is 6.92 Å². The van der Waals surface area contributed by atoms with Crippen LogP contribution in [-0.2, 0) is 0 Å². The van der Waals surface area contributed by atoms with Gasteiger partial charge in [-0.05, 0) is 31.2 Å². The Morgan fingerprint density at radius 3 is 1.95 bits per heavy atom. The Kier molecular flexibility index (Phi) is 2.14. The Morgan fingerprint density at radius 2 is 1.23 bits per heavy atom. The van der Waals surface area contributed by atoms with E-state index in [0.29, 0.717) is 0 Å². The van der Waals surface area contributed by atoms with Gasteiger partial charge in [-0.1, -0.05) is 29.2 Å². The molecule has 0 atom stereocenters. The maximum atomic E-state index is 5.95. The summed E-state index contributed by atoms with van der Waals surface area (Å²) in [5, 5.41) is 4.35. The summed E-state index contributed by atoms with van der Waals surface area (Å²) >= 11 is 0. The van der Waals surface area contributed by atoms with Crippen LogP contribution in [0.15, 0.2) is 57.4 Å². The van der Waals surface area contributed by atoms with Gasteiger partial charge >= 0.3 is 0 Å². The summed E-state index contributed by atoms with van der Waals surface area (Å²) in [6, 6.07) is 16.1. The molecule has 2 aromatic heterocycles. The zero-order valence-corrected chi connectivity index (χ0v) is 12.0. The lowest BCUT2D eigenvalue weighted by molar-refractivity contribution is 0.656. The molecule has 0 N–H and O–H groups in total. The van der Waals surface area contributed by atoms with E-state index in [-0.39, 0.29) is 0 Å². The van der Waals surface area contributed by atoms with E-state index in [4.69, 9.17) is 16.7 Å². The largest absolute Gasteiger partial charge is 0.456 e. The molecule has 0 unspecified atom stereocenters. The van der Waals surface area contributed by atoms with Crippen molar-refractivity contribution in [2.75, 3.05) is 0 Å². The second-order valence-corrected chi connectivity index (χ2v) is 5.80. The van der Waals surface area contributed by atoms with Crippen molar-refractivity contribution in [2.24, 2.45) is 0 Å². The van der Waals surface area contributed by atoms with E-state index in [1.165, 1.54) is 5.56 Å². The number of benzene rings is 3. The molecule has 0 aliphatic carbocycles. The highest BCUT2D eigenvalue weighted by Gasteiger charge is 2.13. The number of rotatable bonds is 0. The van der Waals surface area contributed by atoms with Crippen LogP contribution in [0.1, 0.15) is 5.56 Å². The van der Waals surface area contributed by atoms with Gasteiger partial charge < -0.3 is 8.83 Å². The molecule has 0 aliphatic rings. The normalized spacial score (nSPS) is 12.0. The number of furan rings is 2. The van der Waals surface area contributed by atoms with Crippen LogP contribution in [-0.4, -0.2) is 7.85 Å². The molecule has 5 aromatic rings. The molecular weight excluding hydrogens is 271 g/mol. The van der Waals surface area contributed by atoms with E-state index in [1.807, 2.05) is 30.3 Å². The second kappa shape index (κ2) is 3.95. The first-order valence-corrected chi connectivity index (χ1v) is 7.24. The summed E-state index contributed by atoms with van der Waals surface area (Å²) in [4.78, 5) is 0. The molecule has 3 heteroatoms. The van der Waals surface area contributed by atoms with Crippen LogP contribution >= 0.6 is 0 Å². The van der Waals surface area contributed by atoms with Crippen molar-refractivity contribution < 1.29 is 8.83 Å². The first-order valence-electron chi connectivity index (χ1n) is 7.24. The summed E-state index contributed by atoms with van der Waals surface area (Å²) in [7, 11) is 5.92. The number of hydrogen-bond donors (Lipinski definition) is 0. The molecule has 2 nitrogen and oxygen atoms in total. The Labute approximate surface area is 127 Å². The maximum absolute atomic E-state index is 5.95. The molecule has 0 saturated carbocycles. The van der Waals surface area contributed by atoms with Gasteiger partial charge in [0.1, 0.15) is 30.2 Å². The third kappa shape index (κ3) is 1.51. The van der Waals surface area contributed by atoms with Gasteiger partial charge in [-0.15, -0.1) is 0 Å². The summed E-state index contributed by atoms with van der Waals surface area (Å²) in [6.07, 6.45) is 0. The van der Waals surface area contributed by atoms with Gasteiger partial charge in [0.25, 0.3) is 0 Å². The Balaban J connectivity index is 2.00. The van der Waals surface area contributed by atoms with Crippen molar-refractivity contribution in [3.63, 3.8) is 0 Å². The molecule has 2 heterocycles. The van der Waals surface area contributed by atoms with E-state index in [9.17, 15) is 0 Å². The van der Waals surface area contributed by atoms with Crippen molar-refractivity contribution in [2.45, 2.75) is 6.92 Å². The second-order valence-electron chi connectivity index (χ2n) is 5.80. The Hall–Kier alpha value is -2.68. The smallest absolute Gasteiger partial charge is 0.139 e. The molecule has 3 aromatic carbocycles. The maximum Gasteiger partial charge on any atom is 0.139 e. The van der Waals surface area contributed by atoms with Crippen LogP contribution in [0.5, 0.6) is 0 Å². The van der Waals surface area contributed by atoms with E-state index in [2.05, 4.69) is 25.1 Å². The van der Waals surface area contributed by atoms with Crippen LogP contribution < -0.4 is 5.46 Å². The molecule has 0 fully saturated rings. The van der Waals surface area contributed by atoms with Crippen LogP contribution in [0.2, 0.25) is 0 Å². The fraction of sp³-hybridized carbons (Fsp3) is 0.0526. The fourth-order valence-electron chi connectivity index (χ4n) is 3.18. The van der Waals surface area contributed by atoms with Gasteiger partial charge in [0.15, 0.2) is 0 Å². The minimum atomic E-state index is 0.739. The SMILES string of the molecule is [B]c1ccc2oc3cc4oc5ccc(C)cc5c4cc3c2c1. The van der Waals surface area contributed by atoms with Gasteiger partial charge in [0.2, 0.25) is 0 Å². The van der Waals surface area contributed by atoms with Crippen molar-refractivity contribution in [1.82, 2.24) is 0 Å². The molecule has 0 spiro atoms. The topological polar surface area (TPSA) is 26.3 Å². The average Bonchev–Trinajstić information content (AvgIpc) is 3.02. The van der Waals surface area contributed by atoms with Crippen molar-refractivity contribution in [3.8, 4) is 0 Å². The molecule has 0 aliphatic heterocycles. The molecule has 102 valence electrons. The monoisotopic (exact) mass is 282 g/mol. The molecule has 5 rings (SSSR count). The van der Waals surface area contributed by atoms with Crippen molar-refractivity contribution in [3.05, 3.63) is 54.1 Å². The van der Waals surface area contributed by atoms with E-state index >= 15 is 0 Å². The van der Waals surface area contributed by atoms with Gasteiger partial charge in [-0.3, -0.25) is 0 Å². The summed E-state index contributed by atoms with van der Waals surface area (Å²) < 4.78 is 11.9. The van der Waals surface area contributed by atoms with Crippen LogP contribution in [0.4, 0.5) is 0 Å². The minimum Gasteiger partial charge on any atom is -0.456 e. The van der Waals surface area contributed by atoms with Gasteiger partial charge in [0, 0.05) is 27.6 Å². The zero-order chi connectivity index (χ0) is 14.8. The molecule has 0 amide bonds. The first-order chi connectivity index (χ1) is 10.7. The predicted octanol–water partition coefficient (Wildman–Crippen LogP) is 4.59. The van der Waals surface area contributed by atoms with Crippen LogP contribution in [0.25, 0.3) is 43.9 Å². The van der Waals surface area contributed by atoms with Crippen LogP contribution in [0.3, 0.4) is 0 Å². The van der Waals surface area contributed by atoms with E-state index in [1.54, 1.807) is 0 Å². The number of fused-ring (bicyclic) bond motifs is 6. The van der Waals surface area contributed by atoms with Gasteiger partial charge in [-0.25, -0.2) is 0 Å². The molecule has 0 saturated heterocycles. The number of aryl methyl sites for hydroxylation is 1. The highest BCUT2D eigenvalue weighted by Crippen LogP contribution is 2.36. The summed E-state index contributed by atoms with van der Waals surface area (Å²) in [5.74, 6) is 0. The lowest BCUT2D eigenvalue weighted by Gasteiger charge is -1.94. The Morgan fingerprint density at radius 1 is 0.636 bits per heavy atom. The van der Waals surface area contributed by atoms with E-state index < -0.39 is 0 Å². The number of hydrogen-bond acceptors (Lipinski definition) is 2. The standard InChI is InChI=1S/C19H11BO2/c1-10-2-4-16-12(6-10)14-8-15-13-7-11(20)3-5-17(13)22-19(15)9-18(14)21-16/h2-9H,1H3. The predicted molar refractivity (Wildman–Crippen MR) is 91.1 cm³/mol. The third-order valence-corrected chi connectivity index (χ3v) is 4.24. The Bertz CT molecular complexity index is 1100.